The molecule has 0 saturated heterocycles. The van der Waals surface area contributed by atoms with Crippen molar-refractivity contribution in [1.29, 1.82) is 0 Å². The number of carbonyl (C=O) groups excluding carboxylic acids is 2. The minimum Gasteiger partial charge on any atom is -0.490 e. The lowest BCUT2D eigenvalue weighted by Crippen LogP contribution is -2.52. The molecule has 0 unspecified atom stereocenters. The normalized spacial score (nSPS) is 13.9. The molecule has 1 saturated carbocycles. The Hall–Kier alpha value is -3.22. The van der Waals surface area contributed by atoms with E-state index in [-0.39, 0.29) is 30.8 Å². The monoisotopic (exact) mass is 610 g/mol. The van der Waals surface area contributed by atoms with Gasteiger partial charge in [0, 0.05) is 41.0 Å². The van der Waals surface area contributed by atoms with Crippen molar-refractivity contribution in [2.24, 2.45) is 0 Å². The van der Waals surface area contributed by atoms with Gasteiger partial charge in [-0.3, -0.25) is 9.59 Å². The van der Waals surface area contributed by atoms with Crippen molar-refractivity contribution in [2.75, 3.05) is 13.2 Å². The highest BCUT2D eigenvalue weighted by Gasteiger charge is 2.32. The Kier molecular flexibility index (Phi) is 12.0. The Morgan fingerprint density at radius 1 is 0.881 bits per heavy atom. The summed E-state index contributed by atoms with van der Waals surface area (Å²) in [6, 6.07) is 20.2. The fourth-order valence-corrected chi connectivity index (χ4v) is 5.94. The van der Waals surface area contributed by atoms with Crippen LogP contribution >= 0.6 is 23.2 Å². The summed E-state index contributed by atoms with van der Waals surface area (Å²) in [4.78, 5) is 29.7. The Labute approximate surface area is 259 Å². The van der Waals surface area contributed by atoms with Crippen molar-refractivity contribution >= 4 is 35.0 Å². The molecule has 1 aliphatic carbocycles. The van der Waals surface area contributed by atoms with Crippen LogP contribution in [0.25, 0.3) is 0 Å². The number of carbonyl (C=O) groups is 2. The molecule has 3 aromatic rings. The van der Waals surface area contributed by atoms with Crippen LogP contribution in [0.5, 0.6) is 11.5 Å². The van der Waals surface area contributed by atoms with E-state index in [4.69, 9.17) is 32.7 Å². The Morgan fingerprint density at radius 2 is 1.55 bits per heavy atom. The third-order valence-electron chi connectivity index (χ3n) is 7.60. The second-order valence-corrected chi connectivity index (χ2v) is 11.4. The number of amides is 2. The van der Waals surface area contributed by atoms with E-state index in [0.717, 1.165) is 36.8 Å². The highest BCUT2D eigenvalue weighted by Crippen LogP contribution is 2.30. The van der Waals surface area contributed by atoms with E-state index in [9.17, 15) is 9.59 Å². The predicted molar refractivity (Wildman–Crippen MR) is 168 cm³/mol. The van der Waals surface area contributed by atoms with Gasteiger partial charge in [-0.2, -0.15) is 0 Å². The molecule has 0 heterocycles. The third kappa shape index (κ3) is 8.65. The molecule has 0 aromatic heterocycles. The minimum atomic E-state index is -0.729. The molecular formula is C34H40Cl2N2O4. The van der Waals surface area contributed by atoms with Crippen molar-refractivity contribution in [2.45, 2.75) is 77.4 Å². The number of halogens is 2. The maximum Gasteiger partial charge on any atom is 0.243 e. The Bertz CT molecular complexity index is 1310. The van der Waals surface area contributed by atoms with Crippen LogP contribution in [0.15, 0.2) is 66.7 Å². The summed E-state index contributed by atoms with van der Waals surface area (Å²) in [6.07, 6.45) is 5.15. The van der Waals surface area contributed by atoms with Crippen LogP contribution in [0.3, 0.4) is 0 Å². The fourth-order valence-electron chi connectivity index (χ4n) is 5.42. The smallest absolute Gasteiger partial charge is 0.243 e. The van der Waals surface area contributed by atoms with Crippen molar-refractivity contribution in [1.82, 2.24) is 10.2 Å². The van der Waals surface area contributed by atoms with Gasteiger partial charge < -0.3 is 19.7 Å². The average molecular weight is 612 g/mol. The summed E-state index contributed by atoms with van der Waals surface area (Å²) < 4.78 is 11.5. The lowest BCUT2D eigenvalue weighted by atomic mass is 10.0. The molecule has 224 valence electrons. The fraction of sp³-hybridized carbons (Fsp3) is 0.412. The average Bonchev–Trinajstić information content (AvgIpc) is 3.50. The molecule has 0 bridgehead atoms. The Balaban J connectivity index is 1.63. The lowest BCUT2D eigenvalue weighted by molar-refractivity contribution is -0.141. The van der Waals surface area contributed by atoms with Crippen LogP contribution in [0.2, 0.25) is 10.0 Å². The molecule has 6 nitrogen and oxygen atoms in total. The molecule has 4 rings (SSSR count). The molecule has 42 heavy (non-hydrogen) atoms. The molecule has 0 spiro atoms. The van der Waals surface area contributed by atoms with Crippen LogP contribution < -0.4 is 14.8 Å². The van der Waals surface area contributed by atoms with Crippen molar-refractivity contribution in [3.63, 3.8) is 0 Å². The number of nitrogens with one attached hydrogen (secondary N) is 1. The molecule has 8 heteroatoms. The first-order chi connectivity index (χ1) is 20.4. The SMILES string of the molecule is CCOc1ccc(CCC(=O)N(Cc2c(Cl)cccc2Cl)[C@@H](Cc2ccccc2)C(=O)NC2CCCC2)cc1OCC. The maximum atomic E-state index is 14.1. The zero-order valence-electron chi connectivity index (χ0n) is 24.4. The maximum absolute atomic E-state index is 14.1. The largest absolute Gasteiger partial charge is 0.490 e. The summed E-state index contributed by atoms with van der Waals surface area (Å²) >= 11 is 13.1. The summed E-state index contributed by atoms with van der Waals surface area (Å²) in [7, 11) is 0. The first-order valence-electron chi connectivity index (χ1n) is 14.8. The van der Waals surface area contributed by atoms with Crippen LogP contribution in [0.4, 0.5) is 0 Å². The van der Waals surface area contributed by atoms with E-state index >= 15 is 0 Å². The predicted octanol–water partition coefficient (Wildman–Crippen LogP) is 7.42. The number of hydrogen-bond donors (Lipinski definition) is 1. The van der Waals surface area contributed by atoms with Crippen molar-refractivity contribution < 1.29 is 19.1 Å². The Morgan fingerprint density at radius 3 is 2.21 bits per heavy atom. The standard InChI is InChI=1S/C34H40Cl2N2O4/c1-3-41-31-19-17-25(22-32(31)42-4-2)18-20-33(39)38(23-27-28(35)15-10-16-29(27)36)30(21-24-11-6-5-7-12-24)34(40)37-26-13-8-9-14-26/h5-7,10-12,15-17,19,22,26,30H,3-4,8-9,13-14,18,20-21,23H2,1-2H3,(H,37,40)/t30-/m0/s1. The lowest BCUT2D eigenvalue weighted by Gasteiger charge is -2.33. The first-order valence-corrected chi connectivity index (χ1v) is 15.6. The van der Waals surface area contributed by atoms with E-state index in [2.05, 4.69) is 5.32 Å². The van der Waals surface area contributed by atoms with Gasteiger partial charge in [0.1, 0.15) is 6.04 Å². The number of nitrogens with zero attached hydrogens (tertiary/aromatic N) is 1. The second kappa shape index (κ2) is 15.9. The van der Waals surface area contributed by atoms with Gasteiger partial charge in [0.2, 0.25) is 11.8 Å². The van der Waals surface area contributed by atoms with Gasteiger partial charge in [0.15, 0.2) is 11.5 Å². The molecule has 0 aliphatic heterocycles. The van der Waals surface area contributed by atoms with Gasteiger partial charge in [-0.1, -0.05) is 78.5 Å². The minimum absolute atomic E-state index is 0.123. The van der Waals surface area contributed by atoms with Gasteiger partial charge in [0.25, 0.3) is 0 Å². The third-order valence-corrected chi connectivity index (χ3v) is 8.31. The number of ether oxygens (including phenoxy) is 2. The molecule has 0 radical (unpaired) electrons. The van der Waals surface area contributed by atoms with Crippen LogP contribution in [0, 0.1) is 0 Å². The van der Waals surface area contributed by atoms with Gasteiger partial charge in [-0.05, 0) is 68.5 Å². The van der Waals surface area contributed by atoms with E-state index in [0.29, 0.717) is 53.2 Å². The number of aryl methyl sites for hydroxylation is 1. The quantitative estimate of drug-likeness (QED) is 0.206. The molecule has 1 aliphatic rings. The topological polar surface area (TPSA) is 67.9 Å². The zero-order chi connectivity index (χ0) is 29.9. The van der Waals surface area contributed by atoms with Crippen LogP contribution in [-0.2, 0) is 29.0 Å². The van der Waals surface area contributed by atoms with Gasteiger partial charge in [0.05, 0.1) is 13.2 Å². The molecule has 1 atom stereocenters. The molecule has 1 N–H and O–H groups in total. The summed E-state index contributed by atoms with van der Waals surface area (Å²) in [6.45, 7) is 5.01. The van der Waals surface area contributed by atoms with E-state index in [1.54, 1.807) is 23.1 Å². The summed E-state index contributed by atoms with van der Waals surface area (Å²) in [5.41, 5.74) is 2.54. The van der Waals surface area contributed by atoms with Crippen LogP contribution in [0.1, 0.15) is 62.6 Å². The second-order valence-electron chi connectivity index (χ2n) is 10.6. The summed E-state index contributed by atoms with van der Waals surface area (Å²) in [5.74, 6) is 1.03. The van der Waals surface area contributed by atoms with Crippen molar-refractivity contribution in [3.8, 4) is 11.5 Å². The van der Waals surface area contributed by atoms with Gasteiger partial charge in [-0.25, -0.2) is 0 Å². The van der Waals surface area contributed by atoms with E-state index in [1.165, 1.54) is 0 Å². The van der Waals surface area contributed by atoms with Crippen LogP contribution in [-0.4, -0.2) is 42.0 Å². The highest BCUT2D eigenvalue weighted by atomic mass is 35.5. The number of rotatable bonds is 14. The molecular weight excluding hydrogens is 571 g/mol. The van der Waals surface area contributed by atoms with Crippen molar-refractivity contribution in [3.05, 3.63) is 93.5 Å². The van der Waals surface area contributed by atoms with E-state index in [1.807, 2.05) is 62.4 Å². The van der Waals surface area contributed by atoms with Gasteiger partial charge >= 0.3 is 0 Å². The zero-order valence-corrected chi connectivity index (χ0v) is 25.9. The molecule has 2 amide bonds. The number of benzene rings is 3. The molecule has 1 fully saturated rings. The number of hydrogen-bond acceptors (Lipinski definition) is 4. The summed E-state index contributed by atoms with van der Waals surface area (Å²) in [5, 5.41) is 4.16. The van der Waals surface area contributed by atoms with Gasteiger partial charge in [-0.15, -0.1) is 0 Å². The first kappa shape index (κ1) is 31.7. The molecule has 3 aromatic carbocycles. The highest BCUT2D eigenvalue weighted by molar-refractivity contribution is 6.36. The van der Waals surface area contributed by atoms with E-state index < -0.39 is 6.04 Å².